The molecule has 0 aliphatic carbocycles. The second kappa shape index (κ2) is 7.27. The van der Waals surface area contributed by atoms with Crippen molar-refractivity contribution in [3.63, 3.8) is 0 Å². The number of nitrogens with one attached hydrogen (secondary N) is 1. The number of rotatable bonds is 6. The van der Waals surface area contributed by atoms with Crippen molar-refractivity contribution in [1.29, 1.82) is 0 Å². The lowest BCUT2D eigenvalue weighted by molar-refractivity contribution is -0.133. The minimum absolute atomic E-state index is 0.0115. The second-order valence-corrected chi connectivity index (χ2v) is 4.72. The highest BCUT2D eigenvalue weighted by atomic mass is 16.2. The molecule has 3 N–H and O–H groups in total. The van der Waals surface area contributed by atoms with Gasteiger partial charge in [0.1, 0.15) is 0 Å². The third-order valence-electron chi connectivity index (χ3n) is 2.87. The van der Waals surface area contributed by atoms with Gasteiger partial charge in [-0.05, 0) is 26.2 Å². The van der Waals surface area contributed by atoms with Crippen molar-refractivity contribution in [2.75, 3.05) is 19.6 Å². The number of carbonyl (C=O) groups is 2. The molecule has 0 spiro atoms. The summed E-state index contributed by atoms with van der Waals surface area (Å²) in [6, 6.07) is -0.0115. The van der Waals surface area contributed by atoms with E-state index < -0.39 is 0 Å². The molecule has 1 fully saturated rings. The average Bonchev–Trinajstić information content (AvgIpc) is 2.29. The van der Waals surface area contributed by atoms with Gasteiger partial charge in [-0.3, -0.25) is 9.59 Å². The van der Waals surface area contributed by atoms with Gasteiger partial charge >= 0.3 is 0 Å². The van der Waals surface area contributed by atoms with E-state index in [1.807, 2.05) is 11.8 Å². The highest BCUT2D eigenvalue weighted by Crippen LogP contribution is 2.10. The van der Waals surface area contributed by atoms with Crippen LogP contribution in [0.25, 0.3) is 0 Å². The largest absolute Gasteiger partial charge is 0.355 e. The summed E-state index contributed by atoms with van der Waals surface area (Å²) in [6.07, 6.45) is 3.96. The van der Waals surface area contributed by atoms with Crippen molar-refractivity contribution in [2.24, 2.45) is 5.73 Å². The lowest BCUT2D eigenvalue weighted by Gasteiger charge is -2.26. The summed E-state index contributed by atoms with van der Waals surface area (Å²) in [5.74, 6) is 0.249. The van der Waals surface area contributed by atoms with Gasteiger partial charge < -0.3 is 16.0 Å². The molecule has 1 aliphatic heterocycles. The molecule has 2 amide bonds. The maximum atomic E-state index is 11.5. The molecule has 1 heterocycles. The minimum atomic E-state index is -0.0115. The predicted octanol–water partition coefficient (Wildman–Crippen LogP) is 0.242. The molecular weight excluding hydrogens is 218 g/mol. The maximum Gasteiger partial charge on any atom is 0.222 e. The third kappa shape index (κ3) is 5.68. The van der Waals surface area contributed by atoms with Crippen LogP contribution in [0, 0.1) is 0 Å². The van der Waals surface area contributed by atoms with E-state index in [9.17, 15) is 9.59 Å². The van der Waals surface area contributed by atoms with Gasteiger partial charge in [0.25, 0.3) is 0 Å². The predicted molar refractivity (Wildman–Crippen MR) is 66.3 cm³/mol. The Hall–Kier alpha value is -1.10. The molecule has 0 aromatic carbocycles. The van der Waals surface area contributed by atoms with Gasteiger partial charge in [-0.25, -0.2) is 0 Å². The summed E-state index contributed by atoms with van der Waals surface area (Å²) >= 11 is 0. The van der Waals surface area contributed by atoms with Gasteiger partial charge in [0.05, 0.1) is 0 Å². The highest BCUT2D eigenvalue weighted by Gasteiger charge is 2.17. The standard InChI is InChI=1S/C12H23N3O2/c1-10(13)9-14-11(16)5-4-8-15-7-3-2-6-12(15)17/h10H,2-9,13H2,1H3,(H,14,16)/t10-/m0/s1. The molecule has 5 nitrogen and oxygen atoms in total. The van der Waals surface area contributed by atoms with Crippen LogP contribution in [-0.2, 0) is 9.59 Å². The number of hydrogen-bond acceptors (Lipinski definition) is 3. The fourth-order valence-electron chi connectivity index (χ4n) is 1.89. The first-order chi connectivity index (χ1) is 8.09. The quantitative estimate of drug-likeness (QED) is 0.699. The molecule has 1 saturated heterocycles. The van der Waals surface area contributed by atoms with Crippen molar-refractivity contribution in [3.8, 4) is 0 Å². The van der Waals surface area contributed by atoms with Crippen LogP contribution in [0.1, 0.15) is 39.0 Å². The summed E-state index contributed by atoms with van der Waals surface area (Å²) in [7, 11) is 0. The van der Waals surface area contributed by atoms with Crippen molar-refractivity contribution in [3.05, 3.63) is 0 Å². The van der Waals surface area contributed by atoms with Crippen LogP contribution in [-0.4, -0.2) is 42.4 Å². The Morgan fingerprint density at radius 1 is 1.53 bits per heavy atom. The Morgan fingerprint density at radius 2 is 2.29 bits per heavy atom. The number of hydrogen-bond donors (Lipinski definition) is 2. The molecule has 1 aliphatic rings. The molecule has 0 saturated carbocycles. The number of nitrogens with zero attached hydrogens (tertiary/aromatic N) is 1. The van der Waals surface area contributed by atoms with E-state index in [4.69, 9.17) is 5.73 Å². The zero-order chi connectivity index (χ0) is 12.7. The van der Waals surface area contributed by atoms with E-state index >= 15 is 0 Å². The number of amides is 2. The average molecular weight is 241 g/mol. The zero-order valence-electron chi connectivity index (χ0n) is 10.6. The molecule has 0 radical (unpaired) electrons. The second-order valence-electron chi connectivity index (χ2n) is 4.72. The van der Waals surface area contributed by atoms with Crippen LogP contribution >= 0.6 is 0 Å². The van der Waals surface area contributed by atoms with Crippen LogP contribution in [0.2, 0.25) is 0 Å². The lowest BCUT2D eigenvalue weighted by atomic mass is 10.1. The van der Waals surface area contributed by atoms with Crippen LogP contribution in [0.4, 0.5) is 0 Å². The summed E-state index contributed by atoms with van der Waals surface area (Å²) in [6.45, 7) is 3.92. The smallest absolute Gasteiger partial charge is 0.222 e. The minimum Gasteiger partial charge on any atom is -0.355 e. The van der Waals surface area contributed by atoms with E-state index in [1.165, 1.54) is 0 Å². The number of likely N-dealkylation sites (tertiary alicyclic amines) is 1. The van der Waals surface area contributed by atoms with E-state index in [-0.39, 0.29) is 17.9 Å². The first kappa shape index (κ1) is 14.0. The Balaban J connectivity index is 2.10. The van der Waals surface area contributed by atoms with Crippen molar-refractivity contribution in [1.82, 2.24) is 10.2 Å². The van der Waals surface area contributed by atoms with Crippen LogP contribution < -0.4 is 11.1 Å². The van der Waals surface area contributed by atoms with Gasteiger partial charge in [-0.15, -0.1) is 0 Å². The first-order valence-corrected chi connectivity index (χ1v) is 6.39. The Kier molecular flexibility index (Phi) is 5.97. The highest BCUT2D eigenvalue weighted by molar-refractivity contribution is 5.77. The van der Waals surface area contributed by atoms with Crippen molar-refractivity contribution in [2.45, 2.75) is 45.1 Å². The molecule has 0 bridgehead atoms. The Labute approximate surface area is 103 Å². The monoisotopic (exact) mass is 241 g/mol. The SMILES string of the molecule is C[C@H](N)CNC(=O)CCCN1CCCCC1=O. The van der Waals surface area contributed by atoms with Gasteiger partial charge in [0, 0.05) is 38.5 Å². The molecular formula is C12H23N3O2. The molecule has 0 aromatic rings. The topological polar surface area (TPSA) is 75.4 Å². The van der Waals surface area contributed by atoms with Crippen LogP contribution in [0.5, 0.6) is 0 Å². The van der Waals surface area contributed by atoms with E-state index in [0.717, 1.165) is 25.8 Å². The number of carbonyl (C=O) groups excluding carboxylic acids is 2. The first-order valence-electron chi connectivity index (χ1n) is 6.39. The van der Waals surface area contributed by atoms with E-state index in [1.54, 1.807) is 0 Å². The molecule has 1 rings (SSSR count). The third-order valence-corrected chi connectivity index (χ3v) is 2.87. The van der Waals surface area contributed by atoms with Gasteiger partial charge in [0.2, 0.25) is 11.8 Å². The van der Waals surface area contributed by atoms with Crippen LogP contribution in [0.15, 0.2) is 0 Å². The maximum absolute atomic E-state index is 11.5. The molecule has 17 heavy (non-hydrogen) atoms. The molecule has 0 aromatic heterocycles. The zero-order valence-corrected chi connectivity index (χ0v) is 10.6. The fourth-order valence-corrected chi connectivity index (χ4v) is 1.89. The van der Waals surface area contributed by atoms with Gasteiger partial charge in [-0.2, -0.15) is 0 Å². The summed E-state index contributed by atoms with van der Waals surface area (Å²) in [5, 5.41) is 2.76. The Bertz CT molecular complexity index is 266. The summed E-state index contributed by atoms with van der Waals surface area (Å²) in [5.41, 5.74) is 5.54. The van der Waals surface area contributed by atoms with E-state index in [0.29, 0.717) is 25.9 Å². The molecule has 0 unspecified atom stereocenters. The fraction of sp³-hybridized carbons (Fsp3) is 0.833. The molecule has 98 valence electrons. The normalized spacial score (nSPS) is 18.0. The number of piperidine rings is 1. The van der Waals surface area contributed by atoms with Gasteiger partial charge in [0.15, 0.2) is 0 Å². The molecule has 5 heteroatoms. The van der Waals surface area contributed by atoms with Crippen molar-refractivity contribution >= 4 is 11.8 Å². The summed E-state index contributed by atoms with van der Waals surface area (Å²) < 4.78 is 0. The summed E-state index contributed by atoms with van der Waals surface area (Å²) in [4.78, 5) is 24.8. The van der Waals surface area contributed by atoms with Crippen molar-refractivity contribution < 1.29 is 9.59 Å². The number of nitrogens with two attached hydrogens (primary N) is 1. The lowest BCUT2D eigenvalue weighted by Crippen LogP contribution is -2.37. The molecule has 1 atom stereocenters. The van der Waals surface area contributed by atoms with Crippen LogP contribution in [0.3, 0.4) is 0 Å². The van der Waals surface area contributed by atoms with Gasteiger partial charge in [-0.1, -0.05) is 0 Å². The van der Waals surface area contributed by atoms with E-state index in [2.05, 4.69) is 5.32 Å². The Morgan fingerprint density at radius 3 is 2.94 bits per heavy atom.